The van der Waals surface area contributed by atoms with Crippen LogP contribution in [0, 0.1) is 6.92 Å². The molecule has 1 aliphatic rings. The summed E-state index contributed by atoms with van der Waals surface area (Å²) in [7, 11) is 0. The van der Waals surface area contributed by atoms with Crippen molar-refractivity contribution in [3.63, 3.8) is 0 Å². The van der Waals surface area contributed by atoms with Gasteiger partial charge in [-0.1, -0.05) is 29.8 Å². The number of rotatable bonds is 5. The first-order valence-electron chi connectivity index (χ1n) is 5.73. The van der Waals surface area contributed by atoms with Gasteiger partial charge in [0.2, 0.25) is 5.91 Å². The van der Waals surface area contributed by atoms with Crippen molar-refractivity contribution >= 4 is 5.91 Å². The van der Waals surface area contributed by atoms with Gasteiger partial charge in [-0.2, -0.15) is 0 Å². The second-order valence-electron chi connectivity index (χ2n) is 4.57. The fourth-order valence-corrected chi connectivity index (χ4v) is 1.93. The Bertz CT molecular complexity index is 372. The first-order chi connectivity index (χ1) is 7.65. The Morgan fingerprint density at radius 3 is 2.75 bits per heavy atom. The van der Waals surface area contributed by atoms with E-state index in [-0.39, 0.29) is 5.91 Å². The molecule has 0 spiro atoms. The van der Waals surface area contributed by atoms with Crippen molar-refractivity contribution in [1.82, 2.24) is 4.90 Å². The molecule has 2 unspecified atom stereocenters. The molecule has 3 nitrogen and oxygen atoms in total. The van der Waals surface area contributed by atoms with Gasteiger partial charge in [-0.25, -0.2) is 0 Å². The number of carbonyl (C=O) groups excluding carboxylic acids is 1. The van der Waals surface area contributed by atoms with Gasteiger partial charge in [0, 0.05) is 25.6 Å². The molecule has 86 valence electrons. The molecule has 0 aromatic heterocycles. The van der Waals surface area contributed by atoms with Gasteiger partial charge in [0.25, 0.3) is 0 Å². The number of benzene rings is 1. The highest BCUT2D eigenvalue weighted by molar-refractivity contribution is 5.73. The van der Waals surface area contributed by atoms with Crippen LogP contribution in [0.4, 0.5) is 0 Å². The van der Waals surface area contributed by atoms with E-state index in [4.69, 9.17) is 5.73 Å². The summed E-state index contributed by atoms with van der Waals surface area (Å²) in [6, 6.07) is 9.17. The lowest BCUT2D eigenvalue weighted by molar-refractivity contribution is -0.118. The number of aryl methyl sites for hydroxylation is 1. The summed E-state index contributed by atoms with van der Waals surface area (Å²) in [4.78, 5) is 13.0. The lowest BCUT2D eigenvalue weighted by atomic mass is 10.1. The van der Waals surface area contributed by atoms with Crippen LogP contribution in [0.1, 0.15) is 24.0 Å². The van der Waals surface area contributed by atoms with Gasteiger partial charge in [0.15, 0.2) is 0 Å². The SMILES string of the molecule is Cc1ccc(CN2CC2CCC(N)=O)cc1. The number of carbonyl (C=O) groups is 1. The summed E-state index contributed by atoms with van der Waals surface area (Å²) in [5, 5.41) is 0. The van der Waals surface area contributed by atoms with E-state index in [0.717, 1.165) is 19.5 Å². The monoisotopic (exact) mass is 218 g/mol. The maximum atomic E-state index is 10.6. The van der Waals surface area contributed by atoms with E-state index in [0.29, 0.717) is 12.5 Å². The predicted molar refractivity (Wildman–Crippen MR) is 63.8 cm³/mol. The van der Waals surface area contributed by atoms with E-state index in [9.17, 15) is 4.79 Å². The van der Waals surface area contributed by atoms with Gasteiger partial charge in [-0.3, -0.25) is 9.69 Å². The van der Waals surface area contributed by atoms with Crippen molar-refractivity contribution in [3.8, 4) is 0 Å². The quantitative estimate of drug-likeness (QED) is 0.760. The Morgan fingerprint density at radius 1 is 1.44 bits per heavy atom. The first-order valence-corrected chi connectivity index (χ1v) is 5.73. The molecule has 1 amide bonds. The average Bonchev–Trinajstić information content (AvgIpc) is 2.97. The molecule has 2 N–H and O–H groups in total. The number of hydrogen-bond donors (Lipinski definition) is 1. The third-order valence-electron chi connectivity index (χ3n) is 3.06. The highest BCUT2D eigenvalue weighted by atomic mass is 16.1. The van der Waals surface area contributed by atoms with Crippen molar-refractivity contribution < 1.29 is 4.79 Å². The topological polar surface area (TPSA) is 46.1 Å². The van der Waals surface area contributed by atoms with Gasteiger partial charge >= 0.3 is 0 Å². The van der Waals surface area contributed by atoms with Crippen LogP contribution in [0.5, 0.6) is 0 Å². The molecule has 1 aliphatic heterocycles. The standard InChI is InChI=1S/C13H18N2O/c1-10-2-4-11(5-3-10)8-15-9-12(15)6-7-13(14)16/h2-5,12H,6-9H2,1H3,(H2,14,16). The molecule has 3 heteroatoms. The number of hydrogen-bond acceptors (Lipinski definition) is 2. The molecule has 1 aromatic carbocycles. The molecule has 0 saturated carbocycles. The minimum absolute atomic E-state index is 0.192. The largest absolute Gasteiger partial charge is 0.370 e. The zero-order valence-corrected chi connectivity index (χ0v) is 9.65. The van der Waals surface area contributed by atoms with Crippen molar-refractivity contribution in [2.75, 3.05) is 6.54 Å². The number of nitrogens with two attached hydrogens (primary N) is 1. The summed E-state index contributed by atoms with van der Waals surface area (Å²) >= 11 is 0. The third kappa shape index (κ3) is 3.07. The van der Waals surface area contributed by atoms with E-state index < -0.39 is 0 Å². The normalized spacial score (nSPS) is 23.1. The van der Waals surface area contributed by atoms with Gasteiger partial charge in [0.05, 0.1) is 0 Å². The maximum absolute atomic E-state index is 10.6. The van der Waals surface area contributed by atoms with Crippen molar-refractivity contribution in [1.29, 1.82) is 0 Å². The van der Waals surface area contributed by atoms with E-state index in [1.54, 1.807) is 0 Å². The molecular formula is C13H18N2O. The van der Waals surface area contributed by atoms with Gasteiger partial charge in [-0.05, 0) is 18.9 Å². The second kappa shape index (κ2) is 4.66. The van der Waals surface area contributed by atoms with Crippen LogP contribution in [-0.4, -0.2) is 23.4 Å². The van der Waals surface area contributed by atoms with Crippen LogP contribution >= 0.6 is 0 Å². The van der Waals surface area contributed by atoms with Crippen LogP contribution in [0.25, 0.3) is 0 Å². The Morgan fingerprint density at radius 2 is 2.12 bits per heavy atom. The molecule has 0 radical (unpaired) electrons. The van der Waals surface area contributed by atoms with E-state index in [1.165, 1.54) is 11.1 Å². The average molecular weight is 218 g/mol. The van der Waals surface area contributed by atoms with E-state index in [1.807, 2.05) is 0 Å². The Kier molecular flexibility index (Phi) is 3.25. The van der Waals surface area contributed by atoms with Crippen molar-refractivity contribution in [3.05, 3.63) is 35.4 Å². The van der Waals surface area contributed by atoms with Crippen LogP contribution in [0.3, 0.4) is 0 Å². The van der Waals surface area contributed by atoms with Crippen LogP contribution in [0.15, 0.2) is 24.3 Å². The molecule has 1 fully saturated rings. The molecular weight excluding hydrogens is 200 g/mol. The van der Waals surface area contributed by atoms with E-state index in [2.05, 4.69) is 36.1 Å². The number of primary amides is 1. The molecule has 0 bridgehead atoms. The van der Waals surface area contributed by atoms with Crippen LogP contribution < -0.4 is 5.73 Å². The van der Waals surface area contributed by atoms with Crippen LogP contribution in [-0.2, 0) is 11.3 Å². The highest BCUT2D eigenvalue weighted by Gasteiger charge is 2.33. The minimum Gasteiger partial charge on any atom is -0.370 e. The molecule has 1 heterocycles. The Balaban J connectivity index is 1.76. The number of nitrogens with zero attached hydrogens (tertiary/aromatic N) is 1. The van der Waals surface area contributed by atoms with Gasteiger partial charge < -0.3 is 5.73 Å². The first kappa shape index (κ1) is 11.1. The number of amides is 1. The summed E-state index contributed by atoms with van der Waals surface area (Å²) in [5.74, 6) is -0.192. The van der Waals surface area contributed by atoms with Crippen molar-refractivity contribution in [2.24, 2.45) is 5.73 Å². The summed E-state index contributed by atoms with van der Waals surface area (Å²) < 4.78 is 0. The molecule has 1 aromatic rings. The van der Waals surface area contributed by atoms with Gasteiger partial charge in [0.1, 0.15) is 0 Å². The van der Waals surface area contributed by atoms with Crippen LogP contribution in [0.2, 0.25) is 0 Å². The molecule has 2 atom stereocenters. The molecule has 2 rings (SSSR count). The van der Waals surface area contributed by atoms with Gasteiger partial charge in [-0.15, -0.1) is 0 Å². The Hall–Kier alpha value is -1.35. The summed E-state index contributed by atoms with van der Waals surface area (Å²) in [6.45, 7) is 4.18. The zero-order chi connectivity index (χ0) is 11.5. The molecule has 0 aliphatic carbocycles. The minimum atomic E-state index is -0.192. The fourth-order valence-electron chi connectivity index (χ4n) is 1.93. The predicted octanol–water partition coefficient (Wildman–Crippen LogP) is 1.44. The van der Waals surface area contributed by atoms with E-state index >= 15 is 0 Å². The fraction of sp³-hybridized carbons (Fsp3) is 0.462. The summed E-state index contributed by atoms with van der Waals surface area (Å²) in [6.07, 6.45) is 1.41. The second-order valence-corrected chi connectivity index (χ2v) is 4.57. The molecule has 1 saturated heterocycles. The summed E-state index contributed by atoms with van der Waals surface area (Å²) in [5.41, 5.74) is 7.76. The molecule has 16 heavy (non-hydrogen) atoms. The lowest BCUT2D eigenvalue weighted by Crippen LogP contribution is -2.12. The Labute approximate surface area is 96.2 Å². The maximum Gasteiger partial charge on any atom is 0.217 e. The highest BCUT2D eigenvalue weighted by Crippen LogP contribution is 2.24. The lowest BCUT2D eigenvalue weighted by Gasteiger charge is -2.04. The van der Waals surface area contributed by atoms with Crippen molar-refractivity contribution in [2.45, 2.75) is 32.4 Å². The third-order valence-corrected chi connectivity index (χ3v) is 3.06. The smallest absolute Gasteiger partial charge is 0.217 e. The zero-order valence-electron chi connectivity index (χ0n) is 9.65.